The van der Waals surface area contributed by atoms with Gasteiger partial charge in [0.05, 0.1) is 31.2 Å². The monoisotopic (exact) mass is 436 g/mol. The molecule has 3 aromatic carbocycles. The van der Waals surface area contributed by atoms with E-state index in [4.69, 9.17) is 9.47 Å². The zero-order valence-corrected chi connectivity index (χ0v) is 18.4. The van der Waals surface area contributed by atoms with Crippen molar-refractivity contribution in [2.45, 2.75) is 11.8 Å². The van der Waals surface area contributed by atoms with E-state index in [2.05, 4.69) is 10.6 Å². The van der Waals surface area contributed by atoms with E-state index in [-0.39, 0.29) is 11.8 Å². The van der Waals surface area contributed by atoms with Crippen LogP contribution in [-0.4, -0.2) is 31.8 Å². The Morgan fingerprint density at radius 3 is 1.94 bits per heavy atom. The first-order valence-electron chi connectivity index (χ1n) is 9.73. The molecule has 3 aromatic rings. The molecule has 31 heavy (non-hydrogen) atoms. The van der Waals surface area contributed by atoms with Crippen molar-refractivity contribution in [3.8, 4) is 11.5 Å². The molecule has 0 atom stereocenters. The Balaban J connectivity index is 1.88. The van der Waals surface area contributed by atoms with Gasteiger partial charge in [0.25, 0.3) is 11.8 Å². The highest BCUT2D eigenvalue weighted by Gasteiger charge is 2.18. The lowest BCUT2D eigenvalue weighted by Gasteiger charge is -2.17. The smallest absolute Gasteiger partial charge is 0.256 e. The van der Waals surface area contributed by atoms with Gasteiger partial charge in [-0.2, -0.15) is 0 Å². The maximum atomic E-state index is 12.9. The molecule has 3 rings (SSSR count). The number of hydrogen-bond donors (Lipinski definition) is 2. The van der Waals surface area contributed by atoms with E-state index in [1.165, 1.54) is 14.2 Å². The highest BCUT2D eigenvalue weighted by atomic mass is 32.2. The van der Waals surface area contributed by atoms with Crippen LogP contribution in [0, 0.1) is 0 Å². The van der Waals surface area contributed by atoms with Crippen LogP contribution in [0.2, 0.25) is 0 Å². The summed E-state index contributed by atoms with van der Waals surface area (Å²) in [5, 5.41) is 5.72. The number of thioether (sulfide) groups is 1. The molecule has 0 aromatic heterocycles. The van der Waals surface area contributed by atoms with E-state index in [1.807, 2.05) is 31.2 Å². The van der Waals surface area contributed by atoms with Crippen LogP contribution >= 0.6 is 11.8 Å². The van der Waals surface area contributed by atoms with E-state index in [9.17, 15) is 9.59 Å². The Labute approximate surface area is 186 Å². The van der Waals surface area contributed by atoms with Gasteiger partial charge < -0.3 is 20.1 Å². The minimum absolute atomic E-state index is 0.252. The highest BCUT2D eigenvalue weighted by molar-refractivity contribution is 7.99. The van der Waals surface area contributed by atoms with Gasteiger partial charge in [-0.25, -0.2) is 0 Å². The van der Waals surface area contributed by atoms with E-state index >= 15 is 0 Å². The first-order chi connectivity index (χ1) is 15.1. The molecule has 0 bridgehead atoms. The molecule has 0 radical (unpaired) electrons. The fraction of sp³-hybridized carbons (Fsp3) is 0.167. The summed E-state index contributed by atoms with van der Waals surface area (Å²) in [6, 6.07) is 19.6. The van der Waals surface area contributed by atoms with Crippen molar-refractivity contribution >= 4 is 35.0 Å². The van der Waals surface area contributed by atoms with Crippen molar-refractivity contribution in [1.82, 2.24) is 0 Å². The lowest BCUT2D eigenvalue weighted by molar-refractivity contribution is 0.101. The van der Waals surface area contributed by atoms with Crippen LogP contribution in [0.1, 0.15) is 27.6 Å². The normalized spacial score (nSPS) is 10.3. The molecule has 0 heterocycles. The summed E-state index contributed by atoms with van der Waals surface area (Å²) in [7, 11) is 3.00. The maximum absolute atomic E-state index is 12.9. The van der Waals surface area contributed by atoms with Crippen LogP contribution in [0.15, 0.2) is 71.6 Å². The standard InChI is InChI=1S/C24H24N2O4S/c1-4-31-22-13-9-8-12-17(22)24(28)26-19-15-20(29-2)18(14-21(19)30-3)25-23(27)16-10-6-5-7-11-16/h5-15H,4H2,1-3H3,(H,25,27)(H,26,28). The molecular formula is C24H24N2O4S. The van der Waals surface area contributed by atoms with Gasteiger partial charge in [0.15, 0.2) is 0 Å². The van der Waals surface area contributed by atoms with Crippen LogP contribution < -0.4 is 20.1 Å². The number of hydrogen-bond acceptors (Lipinski definition) is 5. The highest BCUT2D eigenvalue weighted by Crippen LogP contribution is 2.37. The third-order valence-corrected chi connectivity index (χ3v) is 5.44. The number of benzene rings is 3. The number of ether oxygens (including phenoxy) is 2. The van der Waals surface area contributed by atoms with Crippen molar-refractivity contribution < 1.29 is 19.1 Å². The molecule has 2 amide bonds. The summed E-state index contributed by atoms with van der Waals surface area (Å²) in [5.74, 6) is 1.13. The number of anilines is 2. The number of nitrogens with one attached hydrogen (secondary N) is 2. The molecule has 0 fully saturated rings. The maximum Gasteiger partial charge on any atom is 0.256 e. The van der Waals surface area contributed by atoms with E-state index in [0.29, 0.717) is 34.0 Å². The molecule has 160 valence electrons. The predicted molar refractivity (Wildman–Crippen MR) is 125 cm³/mol. The second kappa shape index (κ2) is 10.5. The predicted octanol–water partition coefficient (Wildman–Crippen LogP) is 5.32. The first kappa shape index (κ1) is 22.2. The third-order valence-electron chi connectivity index (χ3n) is 4.49. The molecule has 7 heteroatoms. The van der Waals surface area contributed by atoms with Gasteiger partial charge in [-0.1, -0.05) is 37.3 Å². The van der Waals surface area contributed by atoms with Gasteiger partial charge in [0.2, 0.25) is 0 Å². The van der Waals surface area contributed by atoms with Crippen LogP contribution in [0.3, 0.4) is 0 Å². The van der Waals surface area contributed by atoms with Gasteiger partial charge in [-0.3, -0.25) is 9.59 Å². The second-order valence-electron chi connectivity index (χ2n) is 6.46. The minimum atomic E-state index is -0.275. The van der Waals surface area contributed by atoms with Gasteiger partial charge >= 0.3 is 0 Å². The van der Waals surface area contributed by atoms with Crippen molar-refractivity contribution in [2.75, 3.05) is 30.6 Å². The quantitative estimate of drug-likeness (QED) is 0.467. The van der Waals surface area contributed by atoms with Gasteiger partial charge in [-0.15, -0.1) is 11.8 Å². The fourth-order valence-corrected chi connectivity index (χ4v) is 3.80. The van der Waals surface area contributed by atoms with Crippen molar-refractivity contribution in [3.05, 3.63) is 77.9 Å². The number of amides is 2. The summed E-state index contributed by atoms with van der Waals surface area (Å²) in [6.07, 6.45) is 0. The lowest BCUT2D eigenvalue weighted by atomic mass is 10.1. The van der Waals surface area contributed by atoms with Gasteiger partial charge in [0.1, 0.15) is 11.5 Å². The zero-order chi connectivity index (χ0) is 22.2. The average Bonchev–Trinajstić information content (AvgIpc) is 2.80. The van der Waals surface area contributed by atoms with Crippen LogP contribution in [0.25, 0.3) is 0 Å². The minimum Gasteiger partial charge on any atom is -0.494 e. The van der Waals surface area contributed by atoms with Gasteiger partial charge in [-0.05, 0) is 30.0 Å². The summed E-state index contributed by atoms with van der Waals surface area (Å²) in [4.78, 5) is 26.4. The summed E-state index contributed by atoms with van der Waals surface area (Å²) < 4.78 is 10.9. The van der Waals surface area contributed by atoms with Gasteiger partial charge in [0, 0.05) is 22.6 Å². The molecule has 0 saturated carbocycles. The van der Waals surface area contributed by atoms with E-state index in [1.54, 1.807) is 54.2 Å². The van der Waals surface area contributed by atoms with Crippen molar-refractivity contribution in [3.63, 3.8) is 0 Å². The number of carbonyl (C=O) groups is 2. The molecule has 0 aliphatic rings. The Hall–Kier alpha value is -3.45. The molecule has 0 aliphatic heterocycles. The molecular weight excluding hydrogens is 412 g/mol. The number of carbonyl (C=O) groups excluding carboxylic acids is 2. The topological polar surface area (TPSA) is 76.7 Å². The van der Waals surface area contributed by atoms with E-state index in [0.717, 1.165) is 10.6 Å². The molecule has 6 nitrogen and oxygen atoms in total. The first-order valence-corrected chi connectivity index (χ1v) is 10.7. The molecule has 2 N–H and O–H groups in total. The zero-order valence-electron chi connectivity index (χ0n) is 17.6. The number of rotatable bonds is 8. The Morgan fingerprint density at radius 1 is 0.806 bits per heavy atom. The van der Waals surface area contributed by atoms with Crippen LogP contribution in [-0.2, 0) is 0 Å². The number of methoxy groups -OCH3 is 2. The molecule has 0 saturated heterocycles. The molecule has 0 unspecified atom stereocenters. The van der Waals surface area contributed by atoms with E-state index < -0.39 is 0 Å². The summed E-state index contributed by atoms with van der Waals surface area (Å²) >= 11 is 1.60. The average molecular weight is 437 g/mol. The summed E-state index contributed by atoms with van der Waals surface area (Å²) in [6.45, 7) is 2.04. The lowest BCUT2D eigenvalue weighted by Crippen LogP contribution is -2.15. The van der Waals surface area contributed by atoms with Crippen LogP contribution in [0.5, 0.6) is 11.5 Å². The Bertz CT molecular complexity index is 1070. The molecule has 0 aliphatic carbocycles. The fourth-order valence-electron chi connectivity index (χ4n) is 3.00. The summed E-state index contributed by atoms with van der Waals surface area (Å²) in [5.41, 5.74) is 1.98. The van der Waals surface area contributed by atoms with Crippen molar-refractivity contribution in [1.29, 1.82) is 0 Å². The Morgan fingerprint density at radius 2 is 1.35 bits per heavy atom. The molecule has 0 spiro atoms. The second-order valence-corrected chi connectivity index (χ2v) is 7.76. The Kier molecular flexibility index (Phi) is 7.56. The SMILES string of the molecule is CCSc1ccccc1C(=O)Nc1cc(OC)c(NC(=O)c2ccccc2)cc1OC. The largest absolute Gasteiger partial charge is 0.494 e. The van der Waals surface area contributed by atoms with Crippen molar-refractivity contribution in [2.24, 2.45) is 0 Å². The van der Waals surface area contributed by atoms with Crippen LogP contribution in [0.4, 0.5) is 11.4 Å². The third kappa shape index (κ3) is 5.38.